The van der Waals surface area contributed by atoms with Crippen LogP contribution in [0.15, 0.2) is 33.9 Å². The van der Waals surface area contributed by atoms with Gasteiger partial charge >= 0.3 is 5.69 Å². The third kappa shape index (κ3) is 3.95. The topological polar surface area (TPSA) is 91.1 Å². The van der Waals surface area contributed by atoms with E-state index in [2.05, 4.69) is 9.97 Å². The first kappa shape index (κ1) is 20.2. The van der Waals surface area contributed by atoms with E-state index >= 15 is 0 Å². The third-order valence-electron chi connectivity index (χ3n) is 5.27. The Bertz CT molecular complexity index is 1180. The van der Waals surface area contributed by atoms with Gasteiger partial charge in [0, 0.05) is 25.9 Å². The smallest absolute Gasteiger partial charge is 0.332 e. The molecule has 3 aromatic rings. The molecule has 1 saturated heterocycles. The minimum absolute atomic E-state index is 0.180. The lowest BCUT2D eigenvalue weighted by atomic mass is 10.1. The van der Waals surface area contributed by atoms with Gasteiger partial charge < -0.3 is 14.5 Å². The van der Waals surface area contributed by atoms with Gasteiger partial charge in [0.2, 0.25) is 0 Å². The van der Waals surface area contributed by atoms with E-state index in [1.54, 1.807) is 13.0 Å². The van der Waals surface area contributed by atoms with Crippen LogP contribution in [0.25, 0.3) is 23.3 Å². The van der Waals surface area contributed by atoms with Crippen molar-refractivity contribution in [2.24, 2.45) is 0 Å². The summed E-state index contributed by atoms with van der Waals surface area (Å²) < 4.78 is 14.2. The number of H-pyrrole nitrogens is 1. The van der Waals surface area contributed by atoms with E-state index in [4.69, 9.17) is 9.47 Å². The largest absolute Gasteiger partial charge is 0.490 e. The molecule has 1 fully saturated rings. The Labute approximate surface area is 173 Å². The first-order valence-corrected chi connectivity index (χ1v) is 10.4. The van der Waals surface area contributed by atoms with Gasteiger partial charge in [-0.25, -0.2) is 9.78 Å². The van der Waals surface area contributed by atoms with Gasteiger partial charge in [-0.1, -0.05) is 18.2 Å². The maximum atomic E-state index is 12.6. The second-order valence-corrected chi connectivity index (χ2v) is 7.23. The van der Waals surface area contributed by atoms with Gasteiger partial charge in [0.15, 0.2) is 5.65 Å². The molecule has 0 radical (unpaired) electrons. The lowest BCUT2D eigenvalue weighted by Crippen LogP contribution is -2.39. The molecule has 1 aromatic carbocycles. The molecule has 2 aromatic heterocycles. The van der Waals surface area contributed by atoms with E-state index in [1.165, 1.54) is 9.13 Å². The second kappa shape index (κ2) is 8.71. The molecule has 1 aliphatic heterocycles. The van der Waals surface area contributed by atoms with E-state index in [0.29, 0.717) is 30.1 Å². The number of rotatable bonds is 6. The molecule has 8 nitrogen and oxygen atoms in total. The van der Waals surface area contributed by atoms with E-state index < -0.39 is 0 Å². The van der Waals surface area contributed by atoms with Gasteiger partial charge in [-0.2, -0.15) is 0 Å². The highest BCUT2D eigenvalue weighted by molar-refractivity contribution is 5.75. The van der Waals surface area contributed by atoms with Crippen molar-refractivity contribution >= 4 is 23.3 Å². The molecular weight excluding hydrogens is 384 g/mol. The average Bonchev–Trinajstić information content (AvgIpc) is 3.18. The average molecular weight is 410 g/mol. The van der Waals surface area contributed by atoms with Crippen molar-refractivity contribution in [2.75, 3.05) is 13.2 Å². The van der Waals surface area contributed by atoms with Crippen LogP contribution < -0.4 is 16.0 Å². The highest BCUT2D eigenvalue weighted by Gasteiger charge is 2.16. The third-order valence-corrected chi connectivity index (χ3v) is 5.27. The first-order valence-electron chi connectivity index (χ1n) is 10.4. The fraction of sp³-hybridized carbons (Fsp3) is 0.409. The van der Waals surface area contributed by atoms with Crippen LogP contribution in [0.3, 0.4) is 0 Å². The zero-order chi connectivity index (χ0) is 21.1. The van der Waals surface area contributed by atoms with Crippen LogP contribution >= 0.6 is 0 Å². The van der Waals surface area contributed by atoms with Crippen molar-refractivity contribution in [3.8, 4) is 5.75 Å². The molecule has 1 N–H and O–H groups in total. The van der Waals surface area contributed by atoms with E-state index in [9.17, 15) is 9.59 Å². The summed E-state index contributed by atoms with van der Waals surface area (Å²) in [7, 11) is 0. The van der Waals surface area contributed by atoms with Crippen LogP contribution in [0.1, 0.15) is 38.1 Å². The van der Waals surface area contributed by atoms with Crippen molar-refractivity contribution in [3.63, 3.8) is 0 Å². The Morgan fingerprint density at radius 2 is 1.93 bits per heavy atom. The lowest BCUT2D eigenvalue weighted by Gasteiger charge is -2.23. The SMILES string of the molecule is CCn1c(=O)c2[nH]c(/C=C/c3cccc(OC4CCOCC4)c3)nc2n(CC)c1=O. The minimum Gasteiger partial charge on any atom is -0.490 e. The molecule has 158 valence electrons. The molecule has 0 aliphatic carbocycles. The fourth-order valence-electron chi connectivity index (χ4n) is 3.68. The normalized spacial score (nSPS) is 15.3. The predicted molar refractivity (Wildman–Crippen MR) is 116 cm³/mol. The van der Waals surface area contributed by atoms with E-state index in [0.717, 1.165) is 37.4 Å². The maximum absolute atomic E-state index is 12.6. The van der Waals surface area contributed by atoms with E-state index in [-0.39, 0.29) is 17.4 Å². The number of nitrogens with zero attached hydrogens (tertiary/aromatic N) is 3. The number of aromatic nitrogens is 4. The maximum Gasteiger partial charge on any atom is 0.332 e. The molecule has 0 bridgehead atoms. The van der Waals surface area contributed by atoms with Crippen molar-refractivity contribution in [2.45, 2.75) is 45.9 Å². The quantitative estimate of drug-likeness (QED) is 0.675. The summed E-state index contributed by atoms with van der Waals surface area (Å²) in [5.41, 5.74) is 1.00. The first-order chi connectivity index (χ1) is 14.6. The summed E-state index contributed by atoms with van der Waals surface area (Å²) in [4.78, 5) is 32.6. The minimum atomic E-state index is -0.346. The molecule has 8 heteroatoms. The van der Waals surface area contributed by atoms with Crippen LogP contribution in [-0.4, -0.2) is 38.4 Å². The number of nitrogens with one attached hydrogen (secondary N) is 1. The van der Waals surface area contributed by atoms with Crippen molar-refractivity contribution in [1.29, 1.82) is 0 Å². The lowest BCUT2D eigenvalue weighted by molar-refractivity contribution is 0.0255. The Morgan fingerprint density at radius 1 is 1.17 bits per heavy atom. The Morgan fingerprint density at radius 3 is 2.67 bits per heavy atom. The van der Waals surface area contributed by atoms with Gasteiger partial charge in [0.05, 0.1) is 13.2 Å². The Kier molecular flexibility index (Phi) is 5.85. The summed E-state index contributed by atoms with van der Waals surface area (Å²) >= 11 is 0. The van der Waals surface area contributed by atoms with Gasteiger partial charge in [-0.3, -0.25) is 13.9 Å². The number of aromatic amines is 1. The zero-order valence-corrected chi connectivity index (χ0v) is 17.3. The molecule has 0 spiro atoms. The number of imidazole rings is 1. The van der Waals surface area contributed by atoms with Crippen molar-refractivity contribution in [3.05, 3.63) is 56.5 Å². The van der Waals surface area contributed by atoms with Crippen LogP contribution in [0, 0.1) is 0 Å². The summed E-state index contributed by atoms with van der Waals surface area (Å²) in [6.07, 6.45) is 5.68. The van der Waals surface area contributed by atoms with Crippen LogP contribution in [0.5, 0.6) is 5.75 Å². The summed E-state index contributed by atoms with van der Waals surface area (Å²) in [5.74, 6) is 1.34. The van der Waals surface area contributed by atoms with Gasteiger partial charge in [-0.15, -0.1) is 0 Å². The summed E-state index contributed by atoms with van der Waals surface area (Å²) in [5, 5.41) is 0. The molecule has 0 saturated carbocycles. The number of hydrogen-bond acceptors (Lipinski definition) is 5. The Hall–Kier alpha value is -3.13. The molecule has 3 heterocycles. The number of benzene rings is 1. The molecular formula is C22H26N4O4. The molecule has 4 rings (SSSR count). The summed E-state index contributed by atoms with van der Waals surface area (Å²) in [6.45, 7) is 5.87. The van der Waals surface area contributed by atoms with Gasteiger partial charge in [0.1, 0.15) is 23.2 Å². The molecule has 1 aliphatic rings. The van der Waals surface area contributed by atoms with Crippen molar-refractivity contribution in [1.82, 2.24) is 19.1 Å². The molecule has 30 heavy (non-hydrogen) atoms. The molecule has 0 unspecified atom stereocenters. The second-order valence-electron chi connectivity index (χ2n) is 7.23. The zero-order valence-electron chi connectivity index (χ0n) is 17.3. The standard InChI is InChI=1S/C22H26N4O4/c1-3-25-20-19(21(27)26(4-2)22(25)28)23-18(24-20)9-8-15-6-5-7-17(14-15)30-16-10-12-29-13-11-16/h5-9,14,16H,3-4,10-13H2,1-2H3,(H,23,24)/b9-8+. The van der Waals surface area contributed by atoms with E-state index in [1.807, 2.05) is 37.3 Å². The van der Waals surface area contributed by atoms with Crippen LogP contribution in [0.2, 0.25) is 0 Å². The highest BCUT2D eigenvalue weighted by atomic mass is 16.5. The van der Waals surface area contributed by atoms with Crippen molar-refractivity contribution < 1.29 is 9.47 Å². The molecule has 0 amide bonds. The summed E-state index contributed by atoms with van der Waals surface area (Å²) in [6, 6.07) is 7.84. The predicted octanol–water partition coefficient (Wildman–Crippen LogP) is 2.65. The number of fused-ring (bicyclic) bond motifs is 1. The highest BCUT2D eigenvalue weighted by Crippen LogP contribution is 2.20. The number of aryl methyl sites for hydroxylation is 1. The Balaban J connectivity index is 1.61. The fourth-order valence-corrected chi connectivity index (χ4v) is 3.68. The van der Waals surface area contributed by atoms with Gasteiger partial charge in [0.25, 0.3) is 5.56 Å². The number of ether oxygens (including phenoxy) is 2. The van der Waals surface area contributed by atoms with Crippen LogP contribution in [0.4, 0.5) is 0 Å². The monoisotopic (exact) mass is 410 g/mol. The van der Waals surface area contributed by atoms with Crippen LogP contribution in [-0.2, 0) is 17.8 Å². The number of hydrogen-bond donors (Lipinski definition) is 1. The molecule has 0 atom stereocenters. The van der Waals surface area contributed by atoms with Gasteiger partial charge in [-0.05, 0) is 37.6 Å².